The van der Waals surface area contributed by atoms with Crippen LogP contribution in [0.15, 0.2) is 12.2 Å². The van der Waals surface area contributed by atoms with Crippen LogP contribution in [0.25, 0.3) is 0 Å². The van der Waals surface area contributed by atoms with Gasteiger partial charge in [-0.1, -0.05) is 19.9 Å². The van der Waals surface area contributed by atoms with Crippen molar-refractivity contribution in [3.8, 4) is 0 Å². The Morgan fingerprint density at radius 1 is 1.33 bits per heavy atom. The number of carbonyl (C=O) groups is 1. The van der Waals surface area contributed by atoms with Crippen molar-refractivity contribution >= 4 is 5.91 Å². The lowest BCUT2D eigenvalue weighted by Gasteiger charge is -2.27. The van der Waals surface area contributed by atoms with Crippen molar-refractivity contribution in [3.63, 3.8) is 0 Å². The highest BCUT2D eigenvalue weighted by Crippen LogP contribution is 2.49. The van der Waals surface area contributed by atoms with Crippen LogP contribution in [0.5, 0.6) is 0 Å². The van der Waals surface area contributed by atoms with E-state index in [1.807, 2.05) is 0 Å². The molecule has 2 rings (SSSR count). The van der Waals surface area contributed by atoms with Crippen LogP contribution in [0.2, 0.25) is 0 Å². The molecule has 0 aliphatic heterocycles. The van der Waals surface area contributed by atoms with Gasteiger partial charge in [0.25, 0.3) is 0 Å². The maximum absolute atomic E-state index is 11.5. The van der Waals surface area contributed by atoms with Crippen molar-refractivity contribution in [2.24, 2.45) is 17.8 Å². The van der Waals surface area contributed by atoms with Gasteiger partial charge in [0.05, 0.1) is 0 Å². The Labute approximate surface area is 92.1 Å². The van der Waals surface area contributed by atoms with E-state index in [2.05, 4.69) is 18.8 Å². The summed E-state index contributed by atoms with van der Waals surface area (Å²) in [6.45, 7) is 7.74. The van der Waals surface area contributed by atoms with Gasteiger partial charge in [-0.2, -0.15) is 0 Å². The molecule has 2 nitrogen and oxygen atoms in total. The standard InChI is InChI=1S/C13H21NO/c1-4-9-5-11-6-10(9)7-12(11)14-13(15)8(2)3/h9-12H,2,4-7H2,1,3H3,(H,14,15). The Bertz CT molecular complexity index is 284. The van der Waals surface area contributed by atoms with Gasteiger partial charge in [-0.3, -0.25) is 4.79 Å². The lowest BCUT2D eigenvalue weighted by Crippen LogP contribution is -2.39. The Kier molecular flexibility index (Phi) is 2.85. The normalized spacial score (nSPS) is 38.0. The number of nitrogens with one attached hydrogen (secondary N) is 1. The average Bonchev–Trinajstić information content (AvgIpc) is 2.75. The minimum absolute atomic E-state index is 0.0422. The van der Waals surface area contributed by atoms with Crippen molar-refractivity contribution in [2.45, 2.75) is 45.6 Å². The smallest absolute Gasteiger partial charge is 0.246 e. The number of rotatable bonds is 3. The maximum atomic E-state index is 11.5. The van der Waals surface area contributed by atoms with E-state index in [0.29, 0.717) is 11.6 Å². The topological polar surface area (TPSA) is 29.1 Å². The third-order valence-electron chi connectivity index (χ3n) is 4.23. The molecule has 2 heteroatoms. The molecule has 1 amide bonds. The quantitative estimate of drug-likeness (QED) is 0.708. The van der Waals surface area contributed by atoms with E-state index in [1.165, 1.54) is 25.7 Å². The molecule has 4 atom stereocenters. The molecule has 2 fully saturated rings. The molecule has 0 heterocycles. The monoisotopic (exact) mass is 207 g/mol. The van der Waals surface area contributed by atoms with E-state index in [-0.39, 0.29) is 5.91 Å². The fourth-order valence-electron chi connectivity index (χ4n) is 3.36. The van der Waals surface area contributed by atoms with Crippen LogP contribution < -0.4 is 5.32 Å². The fraction of sp³-hybridized carbons (Fsp3) is 0.769. The van der Waals surface area contributed by atoms with Crippen LogP contribution in [0, 0.1) is 17.8 Å². The number of hydrogen-bond donors (Lipinski definition) is 1. The first-order chi connectivity index (χ1) is 7.11. The first kappa shape index (κ1) is 10.7. The molecular weight excluding hydrogens is 186 g/mol. The summed E-state index contributed by atoms with van der Waals surface area (Å²) in [6.07, 6.45) is 5.16. The SMILES string of the molecule is C=C(C)C(=O)NC1CC2CC1CC2CC. The van der Waals surface area contributed by atoms with E-state index < -0.39 is 0 Å². The second-order valence-corrected chi connectivity index (χ2v) is 5.26. The molecule has 2 aliphatic rings. The molecule has 0 aromatic carbocycles. The molecule has 0 spiro atoms. The minimum Gasteiger partial charge on any atom is -0.349 e. The summed E-state index contributed by atoms with van der Waals surface area (Å²) < 4.78 is 0. The maximum Gasteiger partial charge on any atom is 0.246 e. The van der Waals surface area contributed by atoms with Crippen LogP contribution in [0.4, 0.5) is 0 Å². The first-order valence-corrected chi connectivity index (χ1v) is 6.08. The summed E-state index contributed by atoms with van der Waals surface area (Å²) in [5, 5.41) is 3.12. The van der Waals surface area contributed by atoms with Gasteiger partial charge >= 0.3 is 0 Å². The van der Waals surface area contributed by atoms with Crippen molar-refractivity contribution in [3.05, 3.63) is 12.2 Å². The molecule has 0 aromatic rings. The predicted molar refractivity (Wildman–Crippen MR) is 61.4 cm³/mol. The van der Waals surface area contributed by atoms with Gasteiger partial charge < -0.3 is 5.32 Å². The van der Waals surface area contributed by atoms with Crippen molar-refractivity contribution in [2.75, 3.05) is 0 Å². The average molecular weight is 207 g/mol. The second kappa shape index (κ2) is 3.99. The van der Waals surface area contributed by atoms with E-state index >= 15 is 0 Å². The molecule has 1 N–H and O–H groups in total. The Balaban J connectivity index is 1.89. The molecule has 84 valence electrons. The van der Waals surface area contributed by atoms with Crippen LogP contribution >= 0.6 is 0 Å². The molecule has 0 radical (unpaired) electrons. The third kappa shape index (κ3) is 1.95. The van der Waals surface area contributed by atoms with E-state index in [1.54, 1.807) is 6.92 Å². The number of hydrogen-bond acceptors (Lipinski definition) is 1. The third-order valence-corrected chi connectivity index (χ3v) is 4.23. The summed E-state index contributed by atoms with van der Waals surface area (Å²) in [6, 6.07) is 0.432. The highest BCUT2D eigenvalue weighted by molar-refractivity contribution is 5.92. The predicted octanol–water partition coefficient (Wildman–Crippen LogP) is 2.50. The van der Waals surface area contributed by atoms with Crippen LogP contribution in [0.3, 0.4) is 0 Å². The van der Waals surface area contributed by atoms with Gasteiger partial charge in [0.2, 0.25) is 5.91 Å². The number of fused-ring (bicyclic) bond motifs is 2. The number of carbonyl (C=O) groups excluding carboxylic acids is 1. The summed E-state index contributed by atoms with van der Waals surface area (Å²) in [4.78, 5) is 11.5. The second-order valence-electron chi connectivity index (χ2n) is 5.26. The fourth-order valence-corrected chi connectivity index (χ4v) is 3.36. The van der Waals surface area contributed by atoms with Crippen molar-refractivity contribution < 1.29 is 4.79 Å². The van der Waals surface area contributed by atoms with Gasteiger partial charge in [0.15, 0.2) is 0 Å². The van der Waals surface area contributed by atoms with Crippen molar-refractivity contribution in [1.82, 2.24) is 5.32 Å². The molecule has 2 bridgehead atoms. The molecular formula is C13H21NO. The summed E-state index contributed by atoms with van der Waals surface area (Å²) in [5.41, 5.74) is 0.629. The zero-order valence-electron chi connectivity index (χ0n) is 9.75. The molecule has 0 aromatic heterocycles. The largest absolute Gasteiger partial charge is 0.349 e. The lowest BCUT2D eigenvalue weighted by molar-refractivity contribution is -0.118. The van der Waals surface area contributed by atoms with Crippen LogP contribution in [-0.2, 0) is 4.79 Å². The number of amides is 1. The summed E-state index contributed by atoms with van der Waals surface area (Å²) in [5.74, 6) is 2.58. The van der Waals surface area contributed by atoms with Crippen LogP contribution in [0.1, 0.15) is 39.5 Å². The van der Waals surface area contributed by atoms with Gasteiger partial charge in [0.1, 0.15) is 0 Å². The van der Waals surface area contributed by atoms with Crippen molar-refractivity contribution in [1.29, 1.82) is 0 Å². The van der Waals surface area contributed by atoms with E-state index in [0.717, 1.165) is 17.8 Å². The van der Waals surface area contributed by atoms with Gasteiger partial charge in [-0.25, -0.2) is 0 Å². The first-order valence-electron chi connectivity index (χ1n) is 6.08. The Morgan fingerprint density at radius 3 is 2.53 bits per heavy atom. The molecule has 2 saturated carbocycles. The summed E-state index contributed by atoms with van der Waals surface area (Å²) >= 11 is 0. The minimum atomic E-state index is 0.0422. The van der Waals surface area contributed by atoms with Crippen LogP contribution in [-0.4, -0.2) is 11.9 Å². The molecule has 2 aliphatic carbocycles. The van der Waals surface area contributed by atoms with Gasteiger partial charge in [-0.05, 0) is 43.9 Å². The Morgan fingerprint density at radius 2 is 2.07 bits per heavy atom. The zero-order chi connectivity index (χ0) is 11.0. The molecule has 4 unspecified atom stereocenters. The highest BCUT2D eigenvalue weighted by atomic mass is 16.1. The van der Waals surface area contributed by atoms with E-state index in [4.69, 9.17) is 0 Å². The Hall–Kier alpha value is -0.790. The molecule has 0 saturated heterocycles. The molecule has 15 heavy (non-hydrogen) atoms. The van der Waals surface area contributed by atoms with Gasteiger partial charge in [0, 0.05) is 11.6 Å². The van der Waals surface area contributed by atoms with Gasteiger partial charge in [-0.15, -0.1) is 0 Å². The van der Waals surface area contributed by atoms with E-state index in [9.17, 15) is 4.79 Å². The highest BCUT2D eigenvalue weighted by Gasteiger charge is 2.45. The zero-order valence-corrected chi connectivity index (χ0v) is 9.75. The summed E-state index contributed by atoms with van der Waals surface area (Å²) in [7, 11) is 0. The lowest BCUT2D eigenvalue weighted by atomic mass is 9.84.